The lowest BCUT2D eigenvalue weighted by Gasteiger charge is -2.40. The molecule has 1 aliphatic rings. The molecule has 1 fully saturated rings. The molecule has 2 heterocycles. The first-order chi connectivity index (χ1) is 9.76. The Balaban J connectivity index is 1.99. The fraction of sp³-hybridized carbons (Fsp3) is 0.600. The highest BCUT2D eigenvalue weighted by molar-refractivity contribution is 14.1. The molecule has 0 unspecified atom stereocenters. The van der Waals surface area contributed by atoms with Crippen LogP contribution in [0.4, 0.5) is 10.6 Å². The highest BCUT2D eigenvalue weighted by Gasteiger charge is 2.30. The molecule has 1 aromatic heterocycles. The van der Waals surface area contributed by atoms with Crippen molar-refractivity contribution < 1.29 is 9.53 Å². The molecule has 6 heteroatoms. The van der Waals surface area contributed by atoms with Crippen LogP contribution in [0.15, 0.2) is 18.3 Å². The minimum atomic E-state index is -0.449. The fourth-order valence-electron chi connectivity index (χ4n) is 2.33. The summed E-state index contributed by atoms with van der Waals surface area (Å²) < 4.78 is 6.56. The van der Waals surface area contributed by atoms with Gasteiger partial charge in [0, 0.05) is 35.4 Å². The second-order valence-corrected chi connectivity index (χ2v) is 7.55. The number of piperazine rings is 1. The van der Waals surface area contributed by atoms with E-state index in [2.05, 4.69) is 45.5 Å². The normalized spacial score (nSPS) is 19.6. The number of rotatable bonds is 1. The zero-order valence-electron chi connectivity index (χ0n) is 13.0. The summed E-state index contributed by atoms with van der Waals surface area (Å²) in [5.74, 6) is 0.965. The summed E-state index contributed by atoms with van der Waals surface area (Å²) in [6.07, 6.45) is 1.63. The van der Waals surface area contributed by atoms with Crippen LogP contribution in [0.1, 0.15) is 27.7 Å². The molecule has 0 aliphatic carbocycles. The zero-order chi connectivity index (χ0) is 15.6. The highest BCUT2D eigenvalue weighted by Crippen LogP contribution is 2.20. The maximum atomic E-state index is 12.1. The molecule has 116 valence electrons. The van der Waals surface area contributed by atoms with E-state index in [1.165, 1.54) is 0 Å². The van der Waals surface area contributed by atoms with Crippen molar-refractivity contribution in [3.8, 4) is 0 Å². The Morgan fingerprint density at radius 1 is 1.38 bits per heavy atom. The minimum absolute atomic E-state index is 0.221. The van der Waals surface area contributed by atoms with Gasteiger partial charge in [0.1, 0.15) is 11.4 Å². The Morgan fingerprint density at radius 2 is 2.10 bits per heavy atom. The summed E-state index contributed by atoms with van der Waals surface area (Å²) in [5.41, 5.74) is -0.449. The number of halogens is 1. The van der Waals surface area contributed by atoms with Gasteiger partial charge in [-0.3, -0.25) is 0 Å². The van der Waals surface area contributed by atoms with Crippen molar-refractivity contribution in [3.63, 3.8) is 0 Å². The lowest BCUT2D eigenvalue weighted by molar-refractivity contribution is 0.0218. The lowest BCUT2D eigenvalue weighted by atomic mass is 10.2. The van der Waals surface area contributed by atoms with Crippen LogP contribution >= 0.6 is 22.6 Å². The third kappa shape index (κ3) is 4.46. The number of carbonyl (C=O) groups is 1. The van der Waals surface area contributed by atoms with Gasteiger partial charge in [-0.1, -0.05) is 0 Å². The van der Waals surface area contributed by atoms with E-state index in [0.29, 0.717) is 13.1 Å². The molecular weight excluding hydrogens is 381 g/mol. The first-order valence-corrected chi connectivity index (χ1v) is 8.20. The maximum Gasteiger partial charge on any atom is 0.410 e. The van der Waals surface area contributed by atoms with E-state index in [-0.39, 0.29) is 12.1 Å². The molecule has 1 aliphatic heterocycles. The lowest BCUT2D eigenvalue weighted by Crippen LogP contribution is -2.54. The second-order valence-electron chi connectivity index (χ2n) is 6.30. The molecule has 0 radical (unpaired) electrons. The number of aromatic nitrogens is 1. The van der Waals surface area contributed by atoms with Gasteiger partial charge in [0.15, 0.2) is 0 Å². The van der Waals surface area contributed by atoms with E-state index in [1.54, 1.807) is 4.90 Å². The first-order valence-electron chi connectivity index (χ1n) is 7.12. The summed E-state index contributed by atoms with van der Waals surface area (Å²) in [5, 5.41) is 0. The maximum absolute atomic E-state index is 12.1. The Bertz CT molecular complexity index is 499. The van der Waals surface area contributed by atoms with Gasteiger partial charge in [-0.25, -0.2) is 9.78 Å². The third-order valence-electron chi connectivity index (χ3n) is 3.29. The quantitative estimate of drug-likeness (QED) is 0.676. The predicted octanol–water partition coefficient (Wildman–Crippen LogP) is 3.13. The molecule has 0 saturated carbocycles. The van der Waals surface area contributed by atoms with Crippen molar-refractivity contribution in [3.05, 3.63) is 21.9 Å². The third-order valence-corrected chi connectivity index (χ3v) is 3.92. The van der Waals surface area contributed by atoms with Crippen molar-refractivity contribution in [2.75, 3.05) is 24.5 Å². The molecule has 0 N–H and O–H groups in total. The molecule has 1 atom stereocenters. The number of ether oxygens (including phenoxy) is 1. The van der Waals surface area contributed by atoms with Gasteiger partial charge in [0.05, 0.1) is 0 Å². The first kappa shape index (κ1) is 16.3. The number of pyridine rings is 1. The Hall–Kier alpha value is -1.05. The van der Waals surface area contributed by atoms with Gasteiger partial charge in [-0.05, 0) is 62.4 Å². The SMILES string of the molecule is C[C@@H]1CN(C(=O)OC(C)(C)C)CCN1c1ccc(I)cn1. The Morgan fingerprint density at radius 3 is 2.62 bits per heavy atom. The smallest absolute Gasteiger partial charge is 0.410 e. The molecule has 1 aromatic rings. The molecule has 1 saturated heterocycles. The van der Waals surface area contributed by atoms with Gasteiger partial charge in [0.25, 0.3) is 0 Å². The van der Waals surface area contributed by atoms with Gasteiger partial charge in [-0.2, -0.15) is 0 Å². The highest BCUT2D eigenvalue weighted by atomic mass is 127. The number of hydrogen-bond acceptors (Lipinski definition) is 4. The van der Waals surface area contributed by atoms with Crippen LogP contribution in [-0.4, -0.2) is 47.3 Å². The molecule has 0 spiro atoms. The standard InChI is InChI=1S/C15H22IN3O2/c1-11-10-18(14(20)21-15(2,3)4)7-8-19(11)13-6-5-12(16)9-17-13/h5-6,9,11H,7-8,10H2,1-4H3/t11-/m1/s1. The summed E-state index contributed by atoms with van der Waals surface area (Å²) in [7, 11) is 0. The van der Waals surface area contributed by atoms with E-state index in [1.807, 2.05) is 33.0 Å². The van der Waals surface area contributed by atoms with Crippen LogP contribution in [0.25, 0.3) is 0 Å². The molecular formula is C15H22IN3O2. The molecule has 0 bridgehead atoms. The Labute approximate surface area is 139 Å². The largest absolute Gasteiger partial charge is 0.444 e. The zero-order valence-corrected chi connectivity index (χ0v) is 15.1. The summed E-state index contributed by atoms with van der Waals surface area (Å²) >= 11 is 2.25. The average Bonchev–Trinajstić information content (AvgIpc) is 2.38. The van der Waals surface area contributed by atoms with Crippen molar-refractivity contribution in [1.29, 1.82) is 0 Å². The monoisotopic (exact) mass is 403 g/mol. The van der Waals surface area contributed by atoms with Gasteiger partial charge < -0.3 is 14.5 Å². The number of nitrogens with zero attached hydrogens (tertiary/aromatic N) is 3. The molecule has 5 nitrogen and oxygen atoms in total. The number of carbonyl (C=O) groups excluding carboxylic acids is 1. The fourth-order valence-corrected chi connectivity index (χ4v) is 2.65. The Kier molecular flexibility index (Phi) is 4.95. The van der Waals surface area contributed by atoms with E-state index in [9.17, 15) is 4.79 Å². The molecule has 0 aromatic carbocycles. The van der Waals surface area contributed by atoms with E-state index < -0.39 is 5.60 Å². The predicted molar refractivity (Wildman–Crippen MR) is 91.6 cm³/mol. The minimum Gasteiger partial charge on any atom is -0.444 e. The van der Waals surface area contributed by atoms with Crippen LogP contribution in [-0.2, 0) is 4.74 Å². The van der Waals surface area contributed by atoms with Gasteiger partial charge in [-0.15, -0.1) is 0 Å². The van der Waals surface area contributed by atoms with Crippen LogP contribution in [0.5, 0.6) is 0 Å². The van der Waals surface area contributed by atoms with E-state index >= 15 is 0 Å². The van der Waals surface area contributed by atoms with Crippen molar-refractivity contribution in [2.24, 2.45) is 0 Å². The molecule has 21 heavy (non-hydrogen) atoms. The van der Waals surface area contributed by atoms with Crippen molar-refractivity contribution >= 4 is 34.5 Å². The summed E-state index contributed by atoms with van der Waals surface area (Å²) in [4.78, 5) is 20.6. The van der Waals surface area contributed by atoms with Crippen LogP contribution < -0.4 is 4.90 Å². The number of hydrogen-bond donors (Lipinski definition) is 0. The van der Waals surface area contributed by atoms with Crippen molar-refractivity contribution in [2.45, 2.75) is 39.3 Å². The van der Waals surface area contributed by atoms with Gasteiger partial charge in [0.2, 0.25) is 0 Å². The van der Waals surface area contributed by atoms with E-state index in [0.717, 1.165) is 15.9 Å². The van der Waals surface area contributed by atoms with Gasteiger partial charge >= 0.3 is 6.09 Å². The number of anilines is 1. The van der Waals surface area contributed by atoms with Crippen LogP contribution in [0, 0.1) is 3.57 Å². The summed E-state index contributed by atoms with van der Waals surface area (Å²) in [6.45, 7) is 9.86. The van der Waals surface area contributed by atoms with E-state index in [4.69, 9.17) is 4.74 Å². The van der Waals surface area contributed by atoms with Crippen LogP contribution in [0.2, 0.25) is 0 Å². The molecule has 2 rings (SSSR count). The topological polar surface area (TPSA) is 45.7 Å². The number of amides is 1. The average molecular weight is 403 g/mol. The molecule has 1 amide bonds. The second kappa shape index (κ2) is 6.37. The van der Waals surface area contributed by atoms with Crippen molar-refractivity contribution in [1.82, 2.24) is 9.88 Å². The van der Waals surface area contributed by atoms with Crippen LogP contribution in [0.3, 0.4) is 0 Å². The summed E-state index contributed by atoms with van der Waals surface area (Å²) in [6, 6.07) is 4.30.